The van der Waals surface area contributed by atoms with E-state index in [0.717, 1.165) is 116 Å². The number of allylic oxidation sites excluding steroid dienone is 18. The molecule has 0 spiro atoms. The van der Waals surface area contributed by atoms with Gasteiger partial charge >= 0.3 is 17.9 Å². The van der Waals surface area contributed by atoms with Gasteiger partial charge in [-0.1, -0.05) is 323 Å². The summed E-state index contributed by atoms with van der Waals surface area (Å²) >= 11 is 0. The zero-order chi connectivity index (χ0) is 59.2. The summed E-state index contributed by atoms with van der Waals surface area (Å²) in [6.07, 6.45) is 95.4. The molecule has 0 saturated heterocycles. The van der Waals surface area contributed by atoms with Gasteiger partial charge in [-0.25, -0.2) is 0 Å². The van der Waals surface area contributed by atoms with Crippen molar-refractivity contribution >= 4 is 17.9 Å². The van der Waals surface area contributed by atoms with E-state index in [-0.39, 0.29) is 31.1 Å². The Morgan fingerprint density at radius 2 is 0.476 bits per heavy atom. The summed E-state index contributed by atoms with van der Waals surface area (Å²) in [7, 11) is 0. The van der Waals surface area contributed by atoms with Gasteiger partial charge in [0, 0.05) is 19.3 Å². The van der Waals surface area contributed by atoms with E-state index >= 15 is 0 Å². The molecule has 0 N–H and O–H groups in total. The summed E-state index contributed by atoms with van der Waals surface area (Å²) in [5.74, 6) is -0.867. The van der Waals surface area contributed by atoms with Crippen LogP contribution < -0.4 is 0 Å². The van der Waals surface area contributed by atoms with Gasteiger partial charge in [-0.2, -0.15) is 0 Å². The predicted octanol–water partition coefficient (Wildman–Crippen LogP) is 24.2. The van der Waals surface area contributed by atoms with E-state index in [2.05, 4.69) is 130 Å². The Morgan fingerprint density at radius 1 is 0.256 bits per heavy atom. The number of hydrogen-bond donors (Lipinski definition) is 0. The maximum absolute atomic E-state index is 13.0. The molecule has 1 atom stereocenters. The van der Waals surface area contributed by atoms with Gasteiger partial charge in [0.2, 0.25) is 0 Å². The smallest absolute Gasteiger partial charge is 0.306 e. The molecule has 0 bridgehead atoms. The minimum absolute atomic E-state index is 0.0761. The normalized spacial score (nSPS) is 12.8. The number of unbranched alkanes of at least 4 members (excludes halogenated alkanes) is 34. The Labute approximate surface area is 508 Å². The minimum atomic E-state index is -0.781. The van der Waals surface area contributed by atoms with Crippen LogP contribution in [-0.2, 0) is 28.6 Å². The van der Waals surface area contributed by atoms with Gasteiger partial charge in [-0.3, -0.25) is 14.4 Å². The van der Waals surface area contributed by atoms with E-state index in [0.29, 0.717) is 19.3 Å². The monoisotopic (exact) mass is 1140 g/mol. The Hall–Kier alpha value is -3.93. The van der Waals surface area contributed by atoms with Crippen LogP contribution in [0, 0.1) is 0 Å². The van der Waals surface area contributed by atoms with E-state index in [1.807, 2.05) is 0 Å². The summed E-state index contributed by atoms with van der Waals surface area (Å²) in [5.41, 5.74) is 0. The second kappa shape index (κ2) is 69.6. The first kappa shape index (κ1) is 78.1. The molecule has 0 aromatic rings. The molecule has 0 heterocycles. The van der Waals surface area contributed by atoms with Gasteiger partial charge in [0.25, 0.3) is 0 Å². The fourth-order valence-corrected chi connectivity index (χ4v) is 9.88. The molecule has 0 aliphatic rings. The van der Waals surface area contributed by atoms with Crippen molar-refractivity contribution < 1.29 is 28.6 Å². The van der Waals surface area contributed by atoms with Crippen LogP contribution in [-0.4, -0.2) is 37.2 Å². The average molecular weight is 1140 g/mol. The first-order chi connectivity index (χ1) is 40.5. The Morgan fingerprint density at radius 3 is 0.744 bits per heavy atom. The average Bonchev–Trinajstić information content (AvgIpc) is 3.47. The highest BCUT2D eigenvalue weighted by Gasteiger charge is 2.19. The number of esters is 3. The number of rotatable bonds is 63. The Bertz CT molecular complexity index is 1640. The highest BCUT2D eigenvalue weighted by molar-refractivity contribution is 5.71. The molecule has 0 saturated carbocycles. The maximum atomic E-state index is 13.0. The van der Waals surface area contributed by atoms with Crippen LogP contribution in [0.4, 0.5) is 0 Å². The quantitative estimate of drug-likeness (QED) is 0.0261. The number of carbonyl (C=O) groups is 3. The van der Waals surface area contributed by atoms with Gasteiger partial charge in [0.05, 0.1) is 0 Å². The van der Waals surface area contributed by atoms with Gasteiger partial charge in [0.1, 0.15) is 13.2 Å². The third-order valence-electron chi connectivity index (χ3n) is 15.0. The van der Waals surface area contributed by atoms with Gasteiger partial charge < -0.3 is 14.2 Å². The van der Waals surface area contributed by atoms with Crippen molar-refractivity contribution in [3.8, 4) is 0 Å². The summed E-state index contributed by atoms with van der Waals surface area (Å²) < 4.78 is 17.0. The van der Waals surface area contributed by atoms with Crippen LogP contribution >= 0.6 is 0 Å². The summed E-state index contributed by atoms with van der Waals surface area (Å²) in [6, 6.07) is 0. The summed E-state index contributed by atoms with van der Waals surface area (Å²) in [6.45, 7) is 6.44. The van der Waals surface area contributed by atoms with E-state index in [1.54, 1.807) is 0 Å². The molecule has 0 aromatic carbocycles. The van der Waals surface area contributed by atoms with E-state index < -0.39 is 6.10 Å². The zero-order valence-electron chi connectivity index (χ0n) is 54.0. The Balaban J connectivity index is 4.27. The van der Waals surface area contributed by atoms with E-state index in [9.17, 15) is 14.4 Å². The molecule has 0 fully saturated rings. The fraction of sp³-hybridized carbons (Fsp3) is 0.724. The van der Waals surface area contributed by atoms with Crippen molar-refractivity contribution in [2.75, 3.05) is 13.2 Å². The molecule has 0 radical (unpaired) electrons. The summed E-state index contributed by atoms with van der Waals surface area (Å²) in [5, 5.41) is 0. The van der Waals surface area contributed by atoms with E-state index in [1.165, 1.54) is 180 Å². The van der Waals surface area contributed by atoms with Crippen molar-refractivity contribution in [2.45, 2.75) is 341 Å². The van der Waals surface area contributed by atoms with Crippen LogP contribution in [0.25, 0.3) is 0 Å². The lowest BCUT2D eigenvalue weighted by Gasteiger charge is -2.18. The van der Waals surface area contributed by atoms with E-state index in [4.69, 9.17) is 14.2 Å². The van der Waals surface area contributed by atoms with Gasteiger partial charge in [0.15, 0.2) is 6.10 Å². The molecule has 6 heteroatoms. The number of hydrogen-bond acceptors (Lipinski definition) is 6. The molecule has 82 heavy (non-hydrogen) atoms. The number of ether oxygens (including phenoxy) is 3. The Kier molecular flexibility index (Phi) is 66.2. The lowest BCUT2D eigenvalue weighted by Crippen LogP contribution is -2.30. The molecule has 470 valence electrons. The SMILES string of the molecule is CC/C=C\C/C=C\C/C=C\C/C=C\C/C=C\CCCCCCCCCCCCCC(=O)OCC(COC(=O)CCCCCCCCCCCCCC)OC(=O)CCCCCCCCCCCCCC/C=C\C/C=C\C/C=C\C/C=C\CC. The second-order valence-corrected chi connectivity index (χ2v) is 23.0. The molecule has 6 nitrogen and oxygen atoms in total. The molecule has 0 aliphatic heterocycles. The fourth-order valence-electron chi connectivity index (χ4n) is 9.88. The van der Waals surface area contributed by atoms with Crippen molar-refractivity contribution in [2.24, 2.45) is 0 Å². The second-order valence-electron chi connectivity index (χ2n) is 23.0. The predicted molar refractivity (Wildman–Crippen MR) is 357 cm³/mol. The molecular formula is C76H130O6. The number of carbonyl (C=O) groups excluding carboxylic acids is 3. The molecule has 1 unspecified atom stereocenters. The van der Waals surface area contributed by atoms with Crippen LogP contribution in [0.3, 0.4) is 0 Å². The third kappa shape index (κ3) is 66.9. The maximum Gasteiger partial charge on any atom is 0.306 e. The molecule has 0 aliphatic carbocycles. The van der Waals surface area contributed by atoms with Crippen molar-refractivity contribution in [1.29, 1.82) is 0 Å². The highest BCUT2D eigenvalue weighted by atomic mass is 16.6. The molecular weight excluding hydrogens is 1010 g/mol. The first-order valence-electron chi connectivity index (χ1n) is 34.9. The standard InChI is InChI=1S/C76H130O6/c1-4-7-10-13-16-19-22-25-27-29-31-33-35-37-38-40-41-43-45-47-49-51-54-57-60-63-66-69-75(78)81-72-73(71-80-74(77)68-65-62-59-56-53-24-21-18-15-12-9-6-3)82-76(79)70-67-64-61-58-55-52-50-48-46-44-42-39-36-34-32-30-28-26-23-20-17-14-11-8-5-2/h7-8,10-11,16-17,19-20,25-28,31-34,37-38,73H,4-6,9,12-15,18,21-24,29-30,35-36,39-72H2,1-3H3/b10-7-,11-8-,19-16-,20-17-,27-25-,28-26-,33-31-,34-32-,38-37-. The zero-order valence-corrected chi connectivity index (χ0v) is 54.0. The largest absolute Gasteiger partial charge is 0.462 e. The van der Waals surface area contributed by atoms with Gasteiger partial charge in [-0.05, 0) is 103 Å². The molecule has 0 amide bonds. The van der Waals surface area contributed by atoms with Crippen LogP contribution in [0.5, 0.6) is 0 Å². The first-order valence-corrected chi connectivity index (χ1v) is 34.9. The van der Waals surface area contributed by atoms with Crippen molar-refractivity contribution in [3.05, 3.63) is 109 Å². The minimum Gasteiger partial charge on any atom is -0.462 e. The van der Waals surface area contributed by atoms with Crippen molar-refractivity contribution in [1.82, 2.24) is 0 Å². The van der Waals surface area contributed by atoms with Crippen LogP contribution in [0.2, 0.25) is 0 Å². The molecule has 0 aromatic heterocycles. The van der Waals surface area contributed by atoms with Gasteiger partial charge in [-0.15, -0.1) is 0 Å². The van der Waals surface area contributed by atoms with Crippen LogP contribution in [0.1, 0.15) is 335 Å². The highest BCUT2D eigenvalue weighted by Crippen LogP contribution is 2.17. The lowest BCUT2D eigenvalue weighted by molar-refractivity contribution is -0.167. The third-order valence-corrected chi connectivity index (χ3v) is 15.0. The van der Waals surface area contributed by atoms with Crippen molar-refractivity contribution in [3.63, 3.8) is 0 Å². The molecule has 0 rings (SSSR count). The summed E-state index contributed by atoms with van der Waals surface area (Å²) in [4.78, 5) is 38.4. The topological polar surface area (TPSA) is 78.9 Å². The lowest BCUT2D eigenvalue weighted by atomic mass is 10.0. The van der Waals surface area contributed by atoms with Crippen LogP contribution in [0.15, 0.2) is 109 Å².